The van der Waals surface area contributed by atoms with Gasteiger partial charge in [-0.25, -0.2) is 0 Å². The number of ether oxygens (including phenoxy) is 1. The molecule has 28 heavy (non-hydrogen) atoms. The molecule has 0 aliphatic carbocycles. The van der Waals surface area contributed by atoms with E-state index in [0.717, 1.165) is 43.7 Å². The molecule has 1 saturated heterocycles. The average Bonchev–Trinajstić information content (AvgIpc) is 3.19. The highest BCUT2D eigenvalue weighted by molar-refractivity contribution is 5.92. The summed E-state index contributed by atoms with van der Waals surface area (Å²) >= 11 is 0. The summed E-state index contributed by atoms with van der Waals surface area (Å²) in [4.78, 5) is 12.8. The number of aromatic nitrogens is 2. The summed E-state index contributed by atoms with van der Waals surface area (Å²) in [7, 11) is 1.68. The Morgan fingerprint density at radius 1 is 1.36 bits per heavy atom. The number of methoxy groups -OCH3 is 1. The Labute approximate surface area is 173 Å². The zero-order valence-corrected chi connectivity index (χ0v) is 17.7. The minimum Gasteiger partial charge on any atom is -0.496 e. The number of benzene rings is 1. The Balaban J connectivity index is 0.00000280. The van der Waals surface area contributed by atoms with Crippen LogP contribution in [0.5, 0.6) is 5.75 Å². The summed E-state index contributed by atoms with van der Waals surface area (Å²) in [6, 6.07) is 10.1. The first kappa shape index (κ1) is 22.2. The molecule has 0 radical (unpaired) electrons. The van der Waals surface area contributed by atoms with Crippen LogP contribution in [0.3, 0.4) is 0 Å². The van der Waals surface area contributed by atoms with Crippen molar-refractivity contribution in [1.82, 2.24) is 20.4 Å². The van der Waals surface area contributed by atoms with E-state index in [1.165, 1.54) is 0 Å². The van der Waals surface area contributed by atoms with Crippen molar-refractivity contribution >= 4 is 18.3 Å². The van der Waals surface area contributed by atoms with Gasteiger partial charge in [-0.15, -0.1) is 12.4 Å². The number of nitrogens with one attached hydrogen (secondary N) is 2. The van der Waals surface area contributed by atoms with E-state index in [1.54, 1.807) is 7.11 Å². The molecule has 1 fully saturated rings. The van der Waals surface area contributed by atoms with Crippen LogP contribution in [0.25, 0.3) is 0 Å². The predicted octanol–water partition coefficient (Wildman–Crippen LogP) is 3.24. The third kappa shape index (κ3) is 5.49. The van der Waals surface area contributed by atoms with E-state index in [4.69, 9.17) is 4.74 Å². The second kappa shape index (κ2) is 10.5. The standard InChI is InChI=1S/C21H30N4O2.ClH/c1-15(2)19(13-16-7-4-5-9-20(16)27-3)23-21(26)18-10-12-25(24-18)17-8-6-11-22-14-17;/h4-5,7,9-10,12,15,17,19,22H,6,8,11,13-14H2,1-3H3,(H,23,26);1H. The van der Waals surface area contributed by atoms with Crippen LogP contribution in [0.2, 0.25) is 0 Å². The third-order valence-corrected chi connectivity index (χ3v) is 5.24. The van der Waals surface area contributed by atoms with Crippen molar-refractivity contribution in [3.8, 4) is 5.75 Å². The smallest absolute Gasteiger partial charge is 0.272 e. The molecule has 0 bridgehead atoms. The number of hydrogen-bond acceptors (Lipinski definition) is 4. The molecule has 1 aromatic carbocycles. The normalized spacial score (nSPS) is 17.6. The molecule has 7 heteroatoms. The molecule has 1 amide bonds. The highest BCUT2D eigenvalue weighted by atomic mass is 35.5. The highest BCUT2D eigenvalue weighted by Gasteiger charge is 2.22. The molecule has 1 aliphatic heterocycles. The monoisotopic (exact) mass is 406 g/mol. The summed E-state index contributed by atoms with van der Waals surface area (Å²) in [5.41, 5.74) is 1.57. The number of amides is 1. The topological polar surface area (TPSA) is 68.2 Å². The van der Waals surface area contributed by atoms with Crippen LogP contribution < -0.4 is 15.4 Å². The molecule has 3 rings (SSSR count). The minimum absolute atomic E-state index is 0. The lowest BCUT2D eigenvalue weighted by atomic mass is 9.95. The van der Waals surface area contributed by atoms with Crippen LogP contribution in [-0.2, 0) is 6.42 Å². The highest BCUT2D eigenvalue weighted by Crippen LogP contribution is 2.21. The van der Waals surface area contributed by atoms with Gasteiger partial charge in [0.25, 0.3) is 5.91 Å². The number of carbonyl (C=O) groups excluding carboxylic acids is 1. The van der Waals surface area contributed by atoms with Gasteiger partial charge in [-0.3, -0.25) is 9.48 Å². The van der Waals surface area contributed by atoms with Crippen LogP contribution >= 0.6 is 12.4 Å². The van der Waals surface area contributed by atoms with E-state index in [9.17, 15) is 4.79 Å². The molecule has 2 heterocycles. The fraction of sp³-hybridized carbons (Fsp3) is 0.524. The van der Waals surface area contributed by atoms with Gasteiger partial charge >= 0.3 is 0 Å². The molecule has 2 unspecified atom stereocenters. The Hall–Kier alpha value is -2.05. The van der Waals surface area contributed by atoms with Crippen LogP contribution in [0.4, 0.5) is 0 Å². The van der Waals surface area contributed by atoms with E-state index in [1.807, 2.05) is 41.2 Å². The second-order valence-electron chi connectivity index (χ2n) is 7.52. The largest absolute Gasteiger partial charge is 0.496 e. The molecule has 0 saturated carbocycles. The Morgan fingerprint density at radius 2 is 2.14 bits per heavy atom. The zero-order chi connectivity index (χ0) is 19.2. The maximum Gasteiger partial charge on any atom is 0.272 e. The van der Waals surface area contributed by atoms with Gasteiger partial charge in [0, 0.05) is 18.8 Å². The lowest BCUT2D eigenvalue weighted by Gasteiger charge is -2.24. The zero-order valence-electron chi connectivity index (χ0n) is 16.9. The molecular formula is C21H31ClN4O2. The Morgan fingerprint density at radius 3 is 2.82 bits per heavy atom. The number of halogens is 1. The van der Waals surface area contributed by atoms with Crippen molar-refractivity contribution in [2.75, 3.05) is 20.2 Å². The molecule has 0 spiro atoms. The number of rotatable bonds is 7. The van der Waals surface area contributed by atoms with Gasteiger partial charge < -0.3 is 15.4 Å². The van der Waals surface area contributed by atoms with Crippen LogP contribution in [0.15, 0.2) is 36.5 Å². The van der Waals surface area contributed by atoms with Gasteiger partial charge in [0.15, 0.2) is 0 Å². The number of carbonyl (C=O) groups is 1. The van der Waals surface area contributed by atoms with Gasteiger partial charge in [0.1, 0.15) is 11.4 Å². The fourth-order valence-electron chi connectivity index (χ4n) is 3.53. The summed E-state index contributed by atoms with van der Waals surface area (Å²) < 4.78 is 7.37. The van der Waals surface area contributed by atoms with Crippen molar-refractivity contribution in [2.45, 2.75) is 45.2 Å². The lowest BCUT2D eigenvalue weighted by molar-refractivity contribution is 0.0919. The molecule has 1 aromatic heterocycles. The molecule has 2 N–H and O–H groups in total. The quantitative estimate of drug-likeness (QED) is 0.740. The number of nitrogens with zero attached hydrogens (tertiary/aromatic N) is 2. The maximum atomic E-state index is 12.8. The summed E-state index contributed by atoms with van der Waals surface area (Å²) in [5.74, 6) is 1.03. The van der Waals surface area contributed by atoms with E-state index < -0.39 is 0 Å². The Kier molecular flexibility index (Phi) is 8.33. The summed E-state index contributed by atoms with van der Waals surface area (Å²) in [6.07, 6.45) is 4.87. The van der Waals surface area contributed by atoms with Crippen molar-refractivity contribution in [1.29, 1.82) is 0 Å². The van der Waals surface area contributed by atoms with Gasteiger partial charge in [-0.2, -0.15) is 5.10 Å². The van der Waals surface area contributed by atoms with E-state index in [2.05, 4.69) is 29.6 Å². The molecule has 1 aliphatic rings. The van der Waals surface area contributed by atoms with E-state index in [0.29, 0.717) is 17.7 Å². The second-order valence-corrected chi connectivity index (χ2v) is 7.52. The fourth-order valence-corrected chi connectivity index (χ4v) is 3.53. The van der Waals surface area contributed by atoms with Crippen molar-refractivity contribution in [3.05, 3.63) is 47.8 Å². The summed E-state index contributed by atoms with van der Waals surface area (Å²) in [5, 5.41) is 11.1. The molecule has 6 nitrogen and oxygen atoms in total. The van der Waals surface area contributed by atoms with Crippen LogP contribution in [-0.4, -0.2) is 41.9 Å². The van der Waals surface area contributed by atoms with Gasteiger partial charge in [-0.05, 0) is 49.4 Å². The number of para-hydroxylation sites is 1. The first-order valence-corrected chi connectivity index (χ1v) is 9.77. The van der Waals surface area contributed by atoms with Crippen molar-refractivity contribution in [2.24, 2.45) is 5.92 Å². The Bertz CT molecular complexity index is 756. The van der Waals surface area contributed by atoms with Crippen molar-refractivity contribution < 1.29 is 9.53 Å². The number of hydrogen-bond donors (Lipinski definition) is 2. The van der Waals surface area contributed by atoms with E-state index >= 15 is 0 Å². The van der Waals surface area contributed by atoms with Gasteiger partial charge in [0.05, 0.1) is 13.2 Å². The number of piperidine rings is 1. The van der Waals surface area contributed by atoms with Gasteiger partial charge in [0.2, 0.25) is 0 Å². The minimum atomic E-state index is -0.119. The SMILES string of the molecule is COc1ccccc1CC(NC(=O)c1ccn(C2CCCNC2)n1)C(C)C.Cl. The summed E-state index contributed by atoms with van der Waals surface area (Å²) in [6.45, 7) is 6.20. The van der Waals surface area contributed by atoms with Gasteiger partial charge in [-0.1, -0.05) is 32.0 Å². The molecular weight excluding hydrogens is 376 g/mol. The van der Waals surface area contributed by atoms with Crippen LogP contribution in [0.1, 0.15) is 48.8 Å². The molecule has 2 atom stereocenters. The third-order valence-electron chi connectivity index (χ3n) is 5.24. The first-order chi connectivity index (χ1) is 13.1. The van der Waals surface area contributed by atoms with Crippen molar-refractivity contribution in [3.63, 3.8) is 0 Å². The molecule has 2 aromatic rings. The first-order valence-electron chi connectivity index (χ1n) is 9.77. The average molecular weight is 407 g/mol. The van der Waals surface area contributed by atoms with E-state index in [-0.39, 0.29) is 24.4 Å². The lowest BCUT2D eigenvalue weighted by Crippen LogP contribution is -2.40. The van der Waals surface area contributed by atoms with Crippen LogP contribution in [0, 0.1) is 5.92 Å². The maximum absolute atomic E-state index is 12.8. The molecule has 154 valence electrons. The predicted molar refractivity (Wildman–Crippen MR) is 113 cm³/mol.